The molecule has 5 rings (SSSR count). The molecule has 3 aromatic rings. The van der Waals surface area contributed by atoms with E-state index in [0.717, 1.165) is 40.9 Å². The number of carbonyl (C=O) groups excluding carboxylic acids is 2. The fraction of sp³-hybridized carbons (Fsp3) is 0.433. The minimum atomic E-state index is -0.349. The molecule has 39 heavy (non-hydrogen) atoms. The number of rotatable bonds is 7. The first kappa shape index (κ1) is 27.1. The molecule has 0 saturated heterocycles. The first-order valence-corrected chi connectivity index (χ1v) is 14.3. The number of amides is 2. The molecule has 8 nitrogen and oxygen atoms in total. The molecule has 1 saturated carbocycles. The van der Waals surface area contributed by atoms with Crippen LogP contribution in [0.5, 0.6) is 11.5 Å². The molecule has 2 amide bonds. The van der Waals surface area contributed by atoms with Gasteiger partial charge in [0.25, 0.3) is 0 Å². The third kappa shape index (κ3) is 5.37. The smallest absolute Gasteiger partial charge is 0.240 e. The second kappa shape index (κ2) is 10.6. The Hall–Kier alpha value is -3.46. The molecule has 9 heteroatoms. The fourth-order valence-electron chi connectivity index (χ4n) is 4.98. The Labute approximate surface area is 234 Å². The van der Waals surface area contributed by atoms with Gasteiger partial charge >= 0.3 is 0 Å². The summed E-state index contributed by atoms with van der Waals surface area (Å²) in [5.41, 5.74) is 4.21. The molecule has 2 aromatic carbocycles. The molecule has 0 spiro atoms. The molecule has 1 N–H and O–H groups in total. The van der Waals surface area contributed by atoms with Crippen molar-refractivity contribution in [1.82, 2.24) is 15.1 Å². The molecule has 0 bridgehead atoms. The molecule has 0 radical (unpaired) electrons. The Morgan fingerprint density at radius 1 is 1.13 bits per heavy atom. The number of benzene rings is 2. The average Bonchev–Trinajstić information content (AvgIpc) is 3.65. The third-order valence-electron chi connectivity index (χ3n) is 7.11. The molecule has 0 unspecified atom stereocenters. The number of hydrogen-bond acceptors (Lipinski definition) is 6. The number of nitrogens with zero attached hydrogens (tertiary/aromatic N) is 3. The number of aryl methyl sites for hydroxylation is 1. The predicted molar refractivity (Wildman–Crippen MR) is 154 cm³/mol. The van der Waals surface area contributed by atoms with Crippen LogP contribution in [0.15, 0.2) is 42.5 Å². The number of para-hydroxylation sites is 1. The SMILES string of the molecule is COc1ccc(OC)c([C@H]2SCC(=O)N(CC(=O)NC3CC3)c3c2c(C(C)(C)C)nn3-c2ccccc2C)c1. The van der Waals surface area contributed by atoms with Crippen molar-refractivity contribution in [3.05, 3.63) is 64.8 Å². The fourth-order valence-corrected chi connectivity index (χ4v) is 6.19. The largest absolute Gasteiger partial charge is 0.497 e. The van der Waals surface area contributed by atoms with E-state index < -0.39 is 0 Å². The van der Waals surface area contributed by atoms with Crippen molar-refractivity contribution in [3.8, 4) is 17.2 Å². The van der Waals surface area contributed by atoms with Gasteiger partial charge in [0.1, 0.15) is 23.9 Å². The standard InChI is InChI=1S/C30H36N4O4S/c1-18-9-7-8-10-22(18)34-29-26(28(32-34)30(2,3)4)27(21-15-20(37-5)13-14-23(21)38-6)39-17-25(36)33(29)16-24(35)31-19-11-12-19/h7-10,13-15,19,27H,11-12,16-17H2,1-6H3,(H,31,35)/t27-/m1/s1. The quantitative estimate of drug-likeness (QED) is 0.450. The van der Waals surface area contributed by atoms with Crippen LogP contribution >= 0.6 is 11.8 Å². The maximum atomic E-state index is 13.8. The van der Waals surface area contributed by atoms with Crippen molar-refractivity contribution in [1.29, 1.82) is 0 Å². The van der Waals surface area contributed by atoms with Gasteiger partial charge in [-0.05, 0) is 49.6 Å². The first-order chi connectivity index (χ1) is 18.6. The summed E-state index contributed by atoms with van der Waals surface area (Å²) in [6, 6.07) is 13.9. The summed E-state index contributed by atoms with van der Waals surface area (Å²) in [7, 11) is 3.28. The van der Waals surface area contributed by atoms with Crippen LogP contribution in [0.25, 0.3) is 5.69 Å². The van der Waals surface area contributed by atoms with E-state index in [1.165, 1.54) is 11.8 Å². The molecule has 1 fully saturated rings. The van der Waals surface area contributed by atoms with Gasteiger partial charge in [0, 0.05) is 22.6 Å². The van der Waals surface area contributed by atoms with Gasteiger partial charge in [-0.3, -0.25) is 14.5 Å². The number of ether oxygens (including phenoxy) is 2. The highest BCUT2D eigenvalue weighted by Gasteiger charge is 2.41. The number of fused-ring (bicyclic) bond motifs is 1. The van der Waals surface area contributed by atoms with Crippen molar-refractivity contribution in [2.24, 2.45) is 0 Å². The number of aromatic nitrogens is 2. The van der Waals surface area contributed by atoms with E-state index in [0.29, 0.717) is 17.3 Å². The van der Waals surface area contributed by atoms with E-state index in [1.807, 2.05) is 54.1 Å². The van der Waals surface area contributed by atoms with Crippen LogP contribution in [0.2, 0.25) is 0 Å². The Morgan fingerprint density at radius 3 is 2.51 bits per heavy atom. The van der Waals surface area contributed by atoms with Crippen LogP contribution in [0.1, 0.15) is 61.2 Å². The van der Waals surface area contributed by atoms with Crippen molar-refractivity contribution < 1.29 is 19.1 Å². The van der Waals surface area contributed by atoms with Crippen molar-refractivity contribution in [2.75, 3.05) is 31.4 Å². The lowest BCUT2D eigenvalue weighted by molar-refractivity contribution is -0.123. The van der Waals surface area contributed by atoms with Crippen LogP contribution in [0.3, 0.4) is 0 Å². The van der Waals surface area contributed by atoms with Crippen molar-refractivity contribution >= 4 is 29.4 Å². The van der Waals surface area contributed by atoms with Gasteiger partial charge < -0.3 is 14.8 Å². The van der Waals surface area contributed by atoms with Gasteiger partial charge in [-0.15, -0.1) is 11.8 Å². The summed E-state index contributed by atoms with van der Waals surface area (Å²) in [4.78, 5) is 28.6. The number of nitrogens with one attached hydrogen (secondary N) is 1. The number of thioether (sulfide) groups is 1. The normalized spacial score (nSPS) is 17.4. The van der Waals surface area contributed by atoms with Gasteiger partial charge in [-0.2, -0.15) is 5.10 Å². The zero-order valence-corrected chi connectivity index (χ0v) is 24.2. The van der Waals surface area contributed by atoms with E-state index in [4.69, 9.17) is 14.6 Å². The van der Waals surface area contributed by atoms with E-state index in [1.54, 1.807) is 19.1 Å². The van der Waals surface area contributed by atoms with Crippen molar-refractivity contribution in [2.45, 2.75) is 57.2 Å². The second-order valence-electron chi connectivity index (χ2n) is 11.2. The average molecular weight is 549 g/mol. The summed E-state index contributed by atoms with van der Waals surface area (Å²) < 4.78 is 13.2. The highest BCUT2D eigenvalue weighted by atomic mass is 32.2. The molecule has 1 atom stereocenters. The van der Waals surface area contributed by atoms with Crippen LogP contribution in [-0.2, 0) is 15.0 Å². The van der Waals surface area contributed by atoms with Crippen LogP contribution in [0, 0.1) is 6.92 Å². The summed E-state index contributed by atoms with van der Waals surface area (Å²) >= 11 is 1.52. The highest BCUT2D eigenvalue weighted by molar-refractivity contribution is 8.00. The van der Waals surface area contributed by atoms with Gasteiger partial charge in [0.05, 0.1) is 36.6 Å². The van der Waals surface area contributed by atoms with Crippen LogP contribution in [0.4, 0.5) is 5.82 Å². The molecular formula is C30H36N4O4S. The van der Waals surface area contributed by atoms with Crippen molar-refractivity contribution in [3.63, 3.8) is 0 Å². The van der Waals surface area contributed by atoms with Gasteiger partial charge in [0.15, 0.2) is 0 Å². The van der Waals surface area contributed by atoms with E-state index in [2.05, 4.69) is 26.1 Å². The Balaban J connectivity index is 1.79. The molecular weight excluding hydrogens is 512 g/mol. The summed E-state index contributed by atoms with van der Waals surface area (Å²) in [6.45, 7) is 8.34. The topological polar surface area (TPSA) is 85.7 Å². The van der Waals surface area contributed by atoms with Crippen LogP contribution < -0.4 is 19.7 Å². The Bertz CT molecular complexity index is 1410. The van der Waals surface area contributed by atoms with E-state index >= 15 is 0 Å². The molecule has 1 aliphatic carbocycles. The monoisotopic (exact) mass is 548 g/mol. The number of methoxy groups -OCH3 is 2. The summed E-state index contributed by atoms with van der Waals surface area (Å²) in [6.07, 6.45) is 1.96. The van der Waals surface area contributed by atoms with Crippen LogP contribution in [-0.4, -0.2) is 54.2 Å². The summed E-state index contributed by atoms with van der Waals surface area (Å²) in [5, 5.41) is 7.95. The first-order valence-electron chi connectivity index (χ1n) is 13.2. The predicted octanol–water partition coefficient (Wildman–Crippen LogP) is 4.94. The highest BCUT2D eigenvalue weighted by Crippen LogP contribution is 2.51. The van der Waals surface area contributed by atoms with Gasteiger partial charge in [-0.25, -0.2) is 4.68 Å². The van der Waals surface area contributed by atoms with Gasteiger partial charge in [0.2, 0.25) is 11.8 Å². The lowest BCUT2D eigenvalue weighted by Crippen LogP contribution is -2.43. The maximum absolute atomic E-state index is 13.8. The van der Waals surface area contributed by atoms with E-state index in [-0.39, 0.29) is 40.8 Å². The lowest BCUT2D eigenvalue weighted by atomic mass is 9.87. The number of hydrogen-bond donors (Lipinski definition) is 1. The maximum Gasteiger partial charge on any atom is 0.240 e. The third-order valence-corrected chi connectivity index (χ3v) is 8.34. The Kier molecular flexibility index (Phi) is 7.37. The Morgan fingerprint density at radius 2 is 1.87 bits per heavy atom. The zero-order chi connectivity index (χ0) is 27.9. The minimum absolute atomic E-state index is 0.0635. The number of anilines is 1. The summed E-state index contributed by atoms with van der Waals surface area (Å²) in [5.74, 6) is 1.95. The molecule has 2 aliphatic rings. The zero-order valence-electron chi connectivity index (χ0n) is 23.4. The molecule has 1 aliphatic heterocycles. The minimum Gasteiger partial charge on any atom is -0.497 e. The van der Waals surface area contributed by atoms with E-state index in [9.17, 15) is 9.59 Å². The number of carbonyl (C=O) groups is 2. The molecule has 1 aromatic heterocycles. The van der Waals surface area contributed by atoms with Gasteiger partial charge in [-0.1, -0.05) is 39.0 Å². The lowest BCUT2D eigenvalue weighted by Gasteiger charge is -2.25. The molecule has 2 heterocycles. The second-order valence-corrected chi connectivity index (χ2v) is 12.2. The molecule has 206 valence electrons.